The lowest BCUT2D eigenvalue weighted by atomic mass is 10.1. The smallest absolute Gasteiger partial charge is 0.354 e. The maximum atomic E-state index is 14.2. The first kappa shape index (κ1) is 13.4. The van der Waals surface area contributed by atoms with Crippen LogP contribution in [-0.2, 0) is 0 Å². The molecular weight excluding hydrogens is 265 g/mol. The van der Waals surface area contributed by atoms with Crippen LogP contribution < -0.4 is 4.74 Å². The Morgan fingerprint density at radius 3 is 2.80 bits per heavy atom. The quantitative estimate of drug-likeness (QED) is 0.916. The molecule has 0 unspecified atom stereocenters. The van der Waals surface area contributed by atoms with E-state index < -0.39 is 11.8 Å². The molecule has 7 heteroatoms. The third-order valence-corrected chi connectivity index (χ3v) is 2.54. The molecule has 0 radical (unpaired) electrons. The standard InChI is InChI=1S/C13H8FN3O3/c1-20-9-3-2-7(6-15)11(14)10(9)12-16-5-4-8(17-12)13(18)19/h2-5H,1H3,(H,18,19). The molecule has 20 heavy (non-hydrogen) atoms. The van der Waals surface area contributed by atoms with Crippen LogP contribution in [-0.4, -0.2) is 28.2 Å². The number of benzene rings is 1. The van der Waals surface area contributed by atoms with Gasteiger partial charge in [0.1, 0.15) is 11.8 Å². The Morgan fingerprint density at radius 2 is 2.20 bits per heavy atom. The van der Waals surface area contributed by atoms with Crippen LogP contribution in [0.3, 0.4) is 0 Å². The lowest BCUT2D eigenvalue weighted by molar-refractivity contribution is 0.0690. The number of halogens is 1. The molecule has 0 fully saturated rings. The highest BCUT2D eigenvalue weighted by Crippen LogP contribution is 2.31. The number of methoxy groups -OCH3 is 1. The summed E-state index contributed by atoms with van der Waals surface area (Å²) in [6, 6.07) is 5.54. The Hall–Kier alpha value is -3.01. The number of nitriles is 1. The highest BCUT2D eigenvalue weighted by Gasteiger charge is 2.19. The first-order valence-corrected chi connectivity index (χ1v) is 5.41. The van der Waals surface area contributed by atoms with E-state index in [9.17, 15) is 9.18 Å². The topological polar surface area (TPSA) is 96.1 Å². The van der Waals surface area contributed by atoms with Crippen LogP contribution in [0.15, 0.2) is 24.4 Å². The zero-order chi connectivity index (χ0) is 14.7. The van der Waals surface area contributed by atoms with Crippen molar-refractivity contribution in [3.63, 3.8) is 0 Å². The maximum Gasteiger partial charge on any atom is 0.354 e. The van der Waals surface area contributed by atoms with E-state index in [1.54, 1.807) is 6.07 Å². The van der Waals surface area contributed by atoms with Crippen molar-refractivity contribution in [2.45, 2.75) is 0 Å². The fraction of sp³-hybridized carbons (Fsp3) is 0.0769. The van der Waals surface area contributed by atoms with Gasteiger partial charge < -0.3 is 9.84 Å². The fourth-order valence-electron chi connectivity index (χ4n) is 1.62. The van der Waals surface area contributed by atoms with Crippen molar-refractivity contribution in [1.82, 2.24) is 9.97 Å². The minimum absolute atomic E-state index is 0.115. The molecule has 0 spiro atoms. The van der Waals surface area contributed by atoms with E-state index in [2.05, 4.69) is 9.97 Å². The summed E-state index contributed by atoms with van der Waals surface area (Å²) in [5.74, 6) is -2.15. The average molecular weight is 273 g/mol. The van der Waals surface area contributed by atoms with Gasteiger partial charge in [0.25, 0.3) is 0 Å². The number of ether oxygens (including phenoxy) is 1. The Labute approximate surface area is 113 Å². The Kier molecular flexibility index (Phi) is 3.57. The van der Waals surface area contributed by atoms with E-state index >= 15 is 0 Å². The van der Waals surface area contributed by atoms with Crippen molar-refractivity contribution < 1.29 is 19.0 Å². The molecule has 1 heterocycles. The number of hydrogen-bond donors (Lipinski definition) is 1. The molecule has 0 saturated carbocycles. The highest BCUT2D eigenvalue weighted by molar-refractivity contribution is 5.86. The van der Waals surface area contributed by atoms with Gasteiger partial charge in [-0.2, -0.15) is 5.26 Å². The molecule has 1 aromatic carbocycles. The number of rotatable bonds is 3. The Balaban J connectivity index is 2.71. The summed E-state index contributed by atoms with van der Waals surface area (Å²) in [5.41, 5.74) is -0.626. The molecule has 0 aliphatic heterocycles. The van der Waals surface area contributed by atoms with Crippen molar-refractivity contribution >= 4 is 5.97 Å². The van der Waals surface area contributed by atoms with Crippen LogP contribution in [0.5, 0.6) is 5.75 Å². The molecule has 0 aliphatic rings. The van der Waals surface area contributed by atoms with Crippen LogP contribution in [0.1, 0.15) is 16.1 Å². The highest BCUT2D eigenvalue weighted by atomic mass is 19.1. The lowest BCUT2D eigenvalue weighted by Gasteiger charge is -2.09. The van der Waals surface area contributed by atoms with Crippen LogP contribution in [0.2, 0.25) is 0 Å². The second kappa shape index (κ2) is 5.32. The summed E-state index contributed by atoms with van der Waals surface area (Å²) in [6.45, 7) is 0. The summed E-state index contributed by atoms with van der Waals surface area (Å²) >= 11 is 0. The van der Waals surface area contributed by atoms with Gasteiger partial charge >= 0.3 is 5.97 Å². The van der Waals surface area contributed by atoms with E-state index in [0.717, 1.165) is 0 Å². The number of carboxylic acid groups (broad SMARTS) is 1. The zero-order valence-electron chi connectivity index (χ0n) is 10.3. The number of carbonyl (C=O) groups is 1. The van der Waals surface area contributed by atoms with Crippen LogP contribution in [0.25, 0.3) is 11.4 Å². The van der Waals surface area contributed by atoms with E-state index in [-0.39, 0.29) is 28.4 Å². The van der Waals surface area contributed by atoms with Gasteiger partial charge in [0.05, 0.1) is 18.2 Å². The molecule has 2 rings (SSSR count). The molecule has 0 atom stereocenters. The molecular formula is C13H8FN3O3. The minimum atomic E-state index is -1.26. The van der Waals surface area contributed by atoms with Crippen molar-refractivity contribution in [3.8, 4) is 23.2 Å². The molecule has 100 valence electrons. The first-order valence-electron chi connectivity index (χ1n) is 5.41. The zero-order valence-corrected chi connectivity index (χ0v) is 10.3. The van der Waals surface area contributed by atoms with Gasteiger partial charge in [0, 0.05) is 6.20 Å². The SMILES string of the molecule is COc1ccc(C#N)c(F)c1-c1nccc(C(=O)O)n1. The Bertz CT molecular complexity index is 725. The normalized spacial score (nSPS) is 9.85. The van der Waals surface area contributed by atoms with Gasteiger partial charge in [-0.25, -0.2) is 19.2 Å². The second-order valence-electron chi connectivity index (χ2n) is 3.69. The van der Waals surface area contributed by atoms with Crippen molar-refractivity contribution in [2.24, 2.45) is 0 Å². The summed E-state index contributed by atoms with van der Waals surface area (Å²) in [5, 5.41) is 17.7. The Morgan fingerprint density at radius 1 is 1.45 bits per heavy atom. The van der Waals surface area contributed by atoms with Gasteiger partial charge in [-0.15, -0.1) is 0 Å². The monoisotopic (exact) mass is 273 g/mol. The van der Waals surface area contributed by atoms with Crippen molar-refractivity contribution in [1.29, 1.82) is 5.26 Å². The third kappa shape index (κ3) is 2.27. The molecule has 0 saturated heterocycles. The number of aromatic nitrogens is 2. The summed E-state index contributed by atoms with van der Waals surface area (Å²) in [4.78, 5) is 18.5. The third-order valence-electron chi connectivity index (χ3n) is 2.54. The number of carboxylic acids is 1. The van der Waals surface area contributed by atoms with Crippen LogP contribution in [0, 0.1) is 17.1 Å². The first-order chi connectivity index (χ1) is 9.58. The molecule has 0 bridgehead atoms. The van der Waals surface area contributed by atoms with Crippen molar-refractivity contribution in [2.75, 3.05) is 7.11 Å². The average Bonchev–Trinajstić information content (AvgIpc) is 2.46. The number of hydrogen-bond acceptors (Lipinski definition) is 5. The van der Waals surface area contributed by atoms with Crippen LogP contribution in [0.4, 0.5) is 4.39 Å². The molecule has 0 aliphatic carbocycles. The largest absolute Gasteiger partial charge is 0.496 e. The molecule has 2 aromatic rings. The molecule has 0 amide bonds. The summed E-state index contributed by atoms with van der Waals surface area (Å²) in [7, 11) is 1.32. The summed E-state index contributed by atoms with van der Waals surface area (Å²) < 4.78 is 19.2. The number of aromatic carboxylic acids is 1. The molecule has 1 aromatic heterocycles. The van der Waals surface area contributed by atoms with Gasteiger partial charge in [-0.05, 0) is 18.2 Å². The lowest BCUT2D eigenvalue weighted by Crippen LogP contribution is -2.04. The summed E-state index contributed by atoms with van der Waals surface area (Å²) in [6.07, 6.45) is 1.20. The second-order valence-corrected chi connectivity index (χ2v) is 3.69. The van der Waals surface area contributed by atoms with E-state index in [4.69, 9.17) is 15.1 Å². The predicted molar refractivity (Wildman–Crippen MR) is 65.7 cm³/mol. The fourth-order valence-corrected chi connectivity index (χ4v) is 1.62. The predicted octanol–water partition coefficient (Wildman–Crippen LogP) is 1.86. The minimum Gasteiger partial charge on any atom is -0.496 e. The van der Waals surface area contributed by atoms with E-state index in [1.807, 2.05) is 0 Å². The molecule has 1 N–H and O–H groups in total. The van der Waals surface area contributed by atoms with Gasteiger partial charge in [-0.1, -0.05) is 0 Å². The van der Waals surface area contributed by atoms with E-state index in [1.165, 1.54) is 31.5 Å². The maximum absolute atomic E-state index is 14.2. The van der Waals surface area contributed by atoms with E-state index in [0.29, 0.717) is 0 Å². The van der Waals surface area contributed by atoms with Gasteiger partial charge in [0.2, 0.25) is 0 Å². The van der Waals surface area contributed by atoms with Crippen LogP contribution >= 0.6 is 0 Å². The molecule has 6 nitrogen and oxygen atoms in total. The van der Waals surface area contributed by atoms with Gasteiger partial charge in [-0.3, -0.25) is 0 Å². The van der Waals surface area contributed by atoms with Gasteiger partial charge in [0.15, 0.2) is 17.3 Å². The number of nitrogens with zero attached hydrogens (tertiary/aromatic N) is 3. The van der Waals surface area contributed by atoms with Crippen molar-refractivity contribution in [3.05, 3.63) is 41.5 Å².